The number of aromatic nitrogens is 2. The first-order valence-corrected chi connectivity index (χ1v) is 5.61. The van der Waals surface area contributed by atoms with E-state index in [-0.39, 0.29) is 11.4 Å². The third-order valence-corrected chi connectivity index (χ3v) is 3.34. The number of hydrogen-bond donors (Lipinski definition) is 2. The van der Waals surface area contributed by atoms with Crippen molar-refractivity contribution in [1.29, 1.82) is 0 Å². The maximum atomic E-state index is 11.1. The molecule has 0 spiro atoms. The number of nitrogens with zero attached hydrogens (tertiary/aromatic N) is 2. The molecule has 2 heterocycles. The van der Waals surface area contributed by atoms with Crippen molar-refractivity contribution in [2.45, 2.75) is 25.2 Å². The van der Waals surface area contributed by atoms with Gasteiger partial charge in [0.05, 0.1) is 0 Å². The predicted octanol–water partition coefficient (Wildman–Crippen LogP) is 2.01. The smallest absolute Gasteiger partial charge is 0.356 e. The highest BCUT2D eigenvalue weighted by molar-refractivity contribution is 5.95. The molecule has 1 fully saturated rings. The van der Waals surface area contributed by atoms with Crippen molar-refractivity contribution in [3.8, 4) is 5.75 Å². The summed E-state index contributed by atoms with van der Waals surface area (Å²) >= 11 is 0. The monoisotopic (exact) mass is 232 g/mol. The molecule has 0 saturated heterocycles. The van der Waals surface area contributed by atoms with Crippen molar-refractivity contribution < 1.29 is 15.0 Å². The molecule has 0 aliphatic heterocycles. The van der Waals surface area contributed by atoms with Gasteiger partial charge in [-0.3, -0.25) is 4.40 Å². The number of pyridine rings is 1. The summed E-state index contributed by atoms with van der Waals surface area (Å²) in [5.41, 5.74) is 0.229. The van der Waals surface area contributed by atoms with Crippen LogP contribution in [0.25, 0.3) is 5.52 Å². The summed E-state index contributed by atoms with van der Waals surface area (Å²) in [5.74, 6) is -0.0745. The molecule has 5 heteroatoms. The Kier molecular flexibility index (Phi) is 2.07. The topological polar surface area (TPSA) is 74.8 Å². The van der Waals surface area contributed by atoms with E-state index in [4.69, 9.17) is 5.11 Å². The van der Waals surface area contributed by atoms with Crippen LogP contribution in [0.1, 0.15) is 41.5 Å². The van der Waals surface area contributed by atoms with E-state index in [0.717, 1.165) is 25.1 Å². The Balaban J connectivity index is 2.30. The third-order valence-electron chi connectivity index (χ3n) is 3.34. The normalized spacial score (nSPS) is 16.0. The van der Waals surface area contributed by atoms with E-state index in [1.54, 1.807) is 16.7 Å². The number of rotatable bonds is 2. The maximum absolute atomic E-state index is 11.1. The second-order valence-corrected chi connectivity index (χ2v) is 4.36. The lowest BCUT2D eigenvalue weighted by molar-refractivity contribution is 0.0692. The highest BCUT2D eigenvalue weighted by Gasteiger charge is 2.28. The fourth-order valence-electron chi connectivity index (χ4n) is 2.25. The average molecular weight is 232 g/mol. The number of fused-ring (bicyclic) bond motifs is 1. The second-order valence-electron chi connectivity index (χ2n) is 4.36. The maximum Gasteiger partial charge on any atom is 0.356 e. The molecule has 0 aromatic carbocycles. The van der Waals surface area contributed by atoms with E-state index < -0.39 is 5.97 Å². The van der Waals surface area contributed by atoms with E-state index >= 15 is 0 Å². The molecule has 1 aliphatic rings. The number of aromatic hydroxyl groups is 1. The van der Waals surface area contributed by atoms with Crippen molar-refractivity contribution in [2.24, 2.45) is 0 Å². The Morgan fingerprint density at radius 2 is 2.24 bits per heavy atom. The molecule has 5 nitrogen and oxygen atoms in total. The Morgan fingerprint density at radius 1 is 1.47 bits per heavy atom. The van der Waals surface area contributed by atoms with Gasteiger partial charge in [-0.1, -0.05) is 6.42 Å². The van der Waals surface area contributed by atoms with E-state index in [9.17, 15) is 9.90 Å². The van der Waals surface area contributed by atoms with Crippen LogP contribution in [0, 0.1) is 0 Å². The minimum absolute atomic E-state index is 0.0389. The van der Waals surface area contributed by atoms with Crippen LogP contribution in [0.3, 0.4) is 0 Å². The van der Waals surface area contributed by atoms with Gasteiger partial charge in [-0.2, -0.15) is 0 Å². The van der Waals surface area contributed by atoms with Gasteiger partial charge in [-0.05, 0) is 25.0 Å². The van der Waals surface area contributed by atoms with E-state index in [1.807, 2.05) is 0 Å². The first-order chi connectivity index (χ1) is 8.18. The molecule has 88 valence electrons. The predicted molar refractivity (Wildman–Crippen MR) is 60.4 cm³/mol. The zero-order valence-corrected chi connectivity index (χ0v) is 9.13. The van der Waals surface area contributed by atoms with E-state index in [2.05, 4.69) is 4.98 Å². The molecular formula is C12H12N2O3. The van der Waals surface area contributed by atoms with Gasteiger partial charge in [-0.15, -0.1) is 0 Å². The van der Waals surface area contributed by atoms with Crippen LogP contribution < -0.4 is 0 Å². The van der Waals surface area contributed by atoms with Gasteiger partial charge in [-0.25, -0.2) is 9.78 Å². The van der Waals surface area contributed by atoms with Crippen LogP contribution in [0.4, 0.5) is 0 Å². The van der Waals surface area contributed by atoms with Crippen LogP contribution in [0.2, 0.25) is 0 Å². The summed E-state index contributed by atoms with van der Waals surface area (Å²) in [7, 11) is 0. The lowest BCUT2D eigenvalue weighted by Crippen LogP contribution is -2.12. The molecule has 1 aliphatic carbocycles. The van der Waals surface area contributed by atoms with Gasteiger partial charge < -0.3 is 10.2 Å². The molecule has 0 unspecified atom stereocenters. The summed E-state index contributed by atoms with van der Waals surface area (Å²) in [6.45, 7) is 0. The average Bonchev–Trinajstić information content (AvgIpc) is 2.57. The summed E-state index contributed by atoms with van der Waals surface area (Å²) in [6, 6.07) is 3.17. The fourth-order valence-corrected chi connectivity index (χ4v) is 2.25. The van der Waals surface area contributed by atoms with Gasteiger partial charge >= 0.3 is 5.97 Å². The first kappa shape index (κ1) is 10.1. The molecule has 2 aromatic heterocycles. The van der Waals surface area contributed by atoms with Gasteiger partial charge in [0, 0.05) is 12.1 Å². The minimum atomic E-state index is -1.10. The fraction of sp³-hybridized carbons (Fsp3) is 0.333. The Bertz CT molecular complexity index is 599. The van der Waals surface area contributed by atoms with Gasteiger partial charge in [0.15, 0.2) is 5.69 Å². The lowest BCUT2D eigenvalue weighted by Gasteiger charge is -2.23. The summed E-state index contributed by atoms with van der Waals surface area (Å²) in [5, 5.41) is 18.9. The van der Waals surface area contributed by atoms with Crippen molar-refractivity contribution >= 4 is 11.5 Å². The molecule has 3 rings (SSSR count). The number of hydrogen-bond acceptors (Lipinski definition) is 3. The lowest BCUT2D eigenvalue weighted by atomic mass is 9.85. The van der Waals surface area contributed by atoms with Crippen molar-refractivity contribution in [3.63, 3.8) is 0 Å². The highest BCUT2D eigenvalue weighted by atomic mass is 16.4. The summed E-state index contributed by atoms with van der Waals surface area (Å²) in [6.07, 6.45) is 4.98. The molecule has 0 radical (unpaired) electrons. The Morgan fingerprint density at radius 3 is 2.82 bits per heavy atom. The minimum Gasteiger partial charge on any atom is -0.506 e. The SMILES string of the molecule is O=C(O)c1nc(C2CCC2)n2cccc(O)c12. The van der Waals surface area contributed by atoms with Gasteiger partial charge in [0.2, 0.25) is 0 Å². The molecular weight excluding hydrogens is 220 g/mol. The van der Waals surface area contributed by atoms with Crippen molar-refractivity contribution in [1.82, 2.24) is 9.38 Å². The highest BCUT2D eigenvalue weighted by Crippen LogP contribution is 2.37. The number of carboxylic acids is 1. The second kappa shape index (κ2) is 3.48. The van der Waals surface area contributed by atoms with Crippen LogP contribution in [-0.4, -0.2) is 25.6 Å². The molecule has 0 amide bonds. The molecule has 2 N–H and O–H groups in total. The number of imidazole rings is 1. The zero-order valence-electron chi connectivity index (χ0n) is 9.13. The number of carbonyl (C=O) groups is 1. The third kappa shape index (κ3) is 1.39. The Hall–Kier alpha value is -2.04. The summed E-state index contributed by atoms with van der Waals surface area (Å²) < 4.78 is 1.70. The first-order valence-electron chi connectivity index (χ1n) is 5.61. The number of carboxylic acid groups (broad SMARTS) is 1. The van der Waals surface area contributed by atoms with Crippen molar-refractivity contribution in [3.05, 3.63) is 29.8 Å². The standard InChI is InChI=1S/C12H12N2O3/c15-8-5-2-6-14-10(8)9(12(16)17)13-11(14)7-3-1-4-7/h2,5-7,15H,1,3-4H2,(H,16,17). The van der Waals surface area contributed by atoms with Crippen molar-refractivity contribution in [2.75, 3.05) is 0 Å². The van der Waals surface area contributed by atoms with Crippen LogP contribution in [-0.2, 0) is 0 Å². The largest absolute Gasteiger partial charge is 0.506 e. The van der Waals surface area contributed by atoms with Crippen LogP contribution in [0.15, 0.2) is 18.3 Å². The van der Waals surface area contributed by atoms with E-state index in [1.165, 1.54) is 6.07 Å². The van der Waals surface area contributed by atoms with Crippen LogP contribution >= 0.6 is 0 Å². The van der Waals surface area contributed by atoms with Gasteiger partial charge in [0.25, 0.3) is 0 Å². The van der Waals surface area contributed by atoms with E-state index in [0.29, 0.717) is 11.4 Å². The quantitative estimate of drug-likeness (QED) is 0.830. The number of aromatic carboxylic acids is 1. The van der Waals surface area contributed by atoms with Gasteiger partial charge in [0.1, 0.15) is 17.1 Å². The molecule has 0 atom stereocenters. The molecule has 0 bridgehead atoms. The summed E-state index contributed by atoms with van der Waals surface area (Å²) in [4.78, 5) is 15.3. The van der Waals surface area contributed by atoms with Crippen LogP contribution in [0.5, 0.6) is 5.75 Å². The Labute approximate surface area is 97.3 Å². The molecule has 17 heavy (non-hydrogen) atoms. The molecule has 1 saturated carbocycles. The zero-order chi connectivity index (χ0) is 12.0. The molecule has 2 aromatic rings.